The van der Waals surface area contributed by atoms with Crippen LogP contribution in [0, 0.1) is 5.92 Å². The average Bonchev–Trinajstić information content (AvgIpc) is 2.61. The molecule has 132 valence electrons. The van der Waals surface area contributed by atoms with Gasteiger partial charge in [0.05, 0.1) is 7.11 Å². The van der Waals surface area contributed by atoms with Gasteiger partial charge in [0.2, 0.25) is 5.91 Å². The second kappa shape index (κ2) is 8.28. The fourth-order valence-corrected chi connectivity index (χ4v) is 3.38. The second-order valence-corrected chi connectivity index (χ2v) is 6.72. The van der Waals surface area contributed by atoms with Crippen LogP contribution in [0.4, 0.5) is 0 Å². The molecule has 2 aromatic carbocycles. The summed E-state index contributed by atoms with van der Waals surface area (Å²) in [7, 11) is 3.21. The first-order chi connectivity index (χ1) is 12.2. The summed E-state index contributed by atoms with van der Waals surface area (Å²) in [6.45, 7) is 1.81. The van der Waals surface area contributed by atoms with Gasteiger partial charge in [0.25, 0.3) is 0 Å². The molecule has 3 rings (SSSR count). The number of benzene rings is 2. The average molecular weight is 338 g/mol. The number of carbonyl (C=O) groups excluding carboxylic acids is 1. The lowest BCUT2D eigenvalue weighted by Crippen LogP contribution is -2.49. The van der Waals surface area contributed by atoms with E-state index < -0.39 is 0 Å². The molecule has 0 spiro atoms. The number of nitrogens with zero attached hydrogens (tertiary/aromatic N) is 2. The highest BCUT2D eigenvalue weighted by Gasteiger charge is 2.39. The molecule has 0 bridgehead atoms. The van der Waals surface area contributed by atoms with Crippen LogP contribution in [0.25, 0.3) is 0 Å². The van der Waals surface area contributed by atoms with E-state index in [4.69, 9.17) is 4.84 Å². The Hall–Kier alpha value is -2.17. The summed E-state index contributed by atoms with van der Waals surface area (Å²) in [4.78, 5) is 19.7. The van der Waals surface area contributed by atoms with E-state index in [0.717, 1.165) is 25.9 Å². The third-order valence-corrected chi connectivity index (χ3v) is 5.02. The van der Waals surface area contributed by atoms with Crippen molar-refractivity contribution in [3.8, 4) is 0 Å². The van der Waals surface area contributed by atoms with Gasteiger partial charge in [0, 0.05) is 32.1 Å². The third-order valence-electron chi connectivity index (χ3n) is 5.02. The summed E-state index contributed by atoms with van der Waals surface area (Å²) < 4.78 is 0. The van der Waals surface area contributed by atoms with E-state index in [1.165, 1.54) is 23.3 Å². The molecule has 0 radical (unpaired) electrons. The first kappa shape index (κ1) is 17.6. The lowest BCUT2D eigenvalue weighted by atomic mass is 9.78. The predicted octanol–water partition coefficient (Wildman–Crippen LogP) is 3.49. The van der Waals surface area contributed by atoms with Crippen molar-refractivity contribution >= 4 is 5.91 Å². The number of rotatable bonds is 7. The van der Waals surface area contributed by atoms with Crippen LogP contribution >= 0.6 is 0 Å². The summed E-state index contributed by atoms with van der Waals surface area (Å²) >= 11 is 0. The monoisotopic (exact) mass is 338 g/mol. The molecular weight excluding hydrogens is 312 g/mol. The smallest absolute Gasteiger partial charge is 0.249 e. The van der Waals surface area contributed by atoms with Crippen molar-refractivity contribution in [3.63, 3.8) is 0 Å². The first-order valence-corrected chi connectivity index (χ1v) is 8.81. The maximum atomic E-state index is 12.2. The van der Waals surface area contributed by atoms with Crippen LogP contribution in [0.15, 0.2) is 60.7 Å². The minimum atomic E-state index is 0.0731. The zero-order chi connectivity index (χ0) is 17.6. The maximum Gasteiger partial charge on any atom is 0.249 e. The Bertz CT molecular complexity index is 627. The summed E-state index contributed by atoms with van der Waals surface area (Å²) in [5, 5.41) is 1.35. The van der Waals surface area contributed by atoms with E-state index in [2.05, 4.69) is 53.4 Å². The Labute approximate surface area is 150 Å². The molecule has 4 heteroatoms. The van der Waals surface area contributed by atoms with Gasteiger partial charge < -0.3 is 0 Å². The van der Waals surface area contributed by atoms with Crippen molar-refractivity contribution < 1.29 is 9.63 Å². The standard InChI is InChI=1S/C21H26N2O2/c1-22(25-2)21(24)19-13-20(14-19)23(15-17-9-5-3-6-10-17)16-18-11-7-4-8-12-18/h3-12,19-20H,13-16H2,1-2H3. The van der Waals surface area contributed by atoms with Crippen molar-refractivity contribution in [2.75, 3.05) is 14.2 Å². The van der Waals surface area contributed by atoms with Gasteiger partial charge in [0.1, 0.15) is 0 Å². The highest BCUT2D eigenvalue weighted by Crippen LogP contribution is 2.34. The van der Waals surface area contributed by atoms with Crippen LogP contribution in [0.2, 0.25) is 0 Å². The Kier molecular flexibility index (Phi) is 5.84. The number of carbonyl (C=O) groups is 1. The molecule has 2 aromatic rings. The van der Waals surface area contributed by atoms with E-state index in [1.807, 2.05) is 12.1 Å². The molecule has 1 aliphatic carbocycles. The molecule has 1 aliphatic rings. The molecule has 25 heavy (non-hydrogen) atoms. The van der Waals surface area contributed by atoms with Crippen molar-refractivity contribution in [1.29, 1.82) is 0 Å². The van der Waals surface area contributed by atoms with Crippen LogP contribution in [-0.2, 0) is 22.7 Å². The lowest BCUT2D eigenvalue weighted by Gasteiger charge is -2.43. The molecule has 0 aliphatic heterocycles. The largest absolute Gasteiger partial charge is 0.292 e. The molecule has 4 nitrogen and oxygen atoms in total. The summed E-state index contributed by atoms with van der Waals surface area (Å²) in [6.07, 6.45) is 1.79. The van der Waals surface area contributed by atoms with Crippen LogP contribution < -0.4 is 0 Å². The lowest BCUT2D eigenvalue weighted by molar-refractivity contribution is -0.178. The number of hydrogen-bond acceptors (Lipinski definition) is 3. The van der Waals surface area contributed by atoms with Gasteiger partial charge in [-0.05, 0) is 24.0 Å². The first-order valence-electron chi connectivity index (χ1n) is 8.81. The van der Waals surface area contributed by atoms with Crippen molar-refractivity contribution in [2.24, 2.45) is 5.92 Å². The summed E-state index contributed by atoms with van der Waals surface area (Å²) in [5.74, 6) is 0.155. The maximum absolute atomic E-state index is 12.2. The normalized spacial score (nSPS) is 19.5. The highest BCUT2D eigenvalue weighted by atomic mass is 16.7. The van der Waals surface area contributed by atoms with E-state index in [0.29, 0.717) is 6.04 Å². The molecule has 0 unspecified atom stereocenters. The van der Waals surface area contributed by atoms with Gasteiger partial charge in [-0.1, -0.05) is 60.7 Å². The molecular formula is C21H26N2O2. The van der Waals surface area contributed by atoms with Crippen molar-refractivity contribution in [3.05, 3.63) is 71.8 Å². The van der Waals surface area contributed by atoms with Crippen molar-refractivity contribution in [2.45, 2.75) is 32.0 Å². The third kappa shape index (κ3) is 4.47. The zero-order valence-electron chi connectivity index (χ0n) is 15.0. The van der Waals surface area contributed by atoms with E-state index >= 15 is 0 Å². The van der Waals surface area contributed by atoms with E-state index in [9.17, 15) is 4.79 Å². The van der Waals surface area contributed by atoms with E-state index in [1.54, 1.807) is 7.05 Å². The molecule has 0 N–H and O–H groups in total. The number of hydrogen-bond donors (Lipinski definition) is 0. The van der Waals surface area contributed by atoms with Gasteiger partial charge in [0.15, 0.2) is 0 Å². The second-order valence-electron chi connectivity index (χ2n) is 6.72. The van der Waals surface area contributed by atoms with Crippen LogP contribution in [0.1, 0.15) is 24.0 Å². The fourth-order valence-electron chi connectivity index (χ4n) is 3.38. The molecule has 1 fully saturated rings. The highest BCUT2D eigenvalue weighted by molar-refractivity contribution is 5.78. The minimum Gasteiger partial charge on any atom is -0.292 e. The van der Waals surface area contributed by atoms with Crippen LogP contribution in [0.5, 0.6) is 0 Å². The Morgan fingerprint density at radius 1 is 0.960 bits per heavy atom. The van der Waals surface area contributed by atoms with Gasteiger partial charge in [-0.25, -0.2) is 5.06 Å². The van der Waals surface area contributed by atoms with Gasteiger partial charge >= 0.3 is 0 Å². The molecule has 0 aromatic heterocycles. The van der Waals surface area contributed by atoms with Crippen LogP contribution in [0.3, 0.4) is 0 Å². The number of hydroxylamine groups is 2. The molecule has 1 amide bonds. The van der Waals surface area contributed by atoms with Gasteiger partial charge in [-0.3, -0.25) is 14.5 Å². The molecule has 0 saturated heterocycles. The summed E-state index contributed by atoms with van der Waals surface area (Å²) in [5.41, 5.74) is 2.62. The fraction of sp³-hybridized carbons (Fsp3) is 0.381. The van der Waals surface area contributed by atoms with E-state index in [-0.39, 0.29) is 11.8 Å². The quantitative estimate of drug-likeness (QED) is 0.725. The molecule has 0 atom stereocenters. The van der Waals surface area contributed by atoms with Gasteiger partial charge in [-0.2, -0.15) is 0 Å². The molecule has 0 heterocycles. The predicted molar refractivity (Wildman–Crippen MR) is 98.4 cm³/mol. The zero-order valence-corrected chi connectivity index (χ0v) is 15.0. The Morgan fingerprint density at radius 2 is 1.44 bits per heavy atom. The van der Waals surface area contributed by atoms with Gasteiger partial charge in [-0.15, -0.1) is 0 Å². The van der Waals surface area contributed by atoms with Crippen LogP contribution in [-0.4, -0.2) is 36.1 Å². The topological polar surface area (TPSA) is 32.8 Å². The summed E-state index contributed by atoms with van der Waals surface area (Å²) in [6, 6.07) is 21.5. The number of amides is 1. The minimum absolute atomic E-state index is 0.0731. The Balaban J connectivity index is 1.66. The Morgan fingerprint density at radius 3 is 1.88 bits per heavy atom. The SMILES string of the molecule is CON(C)C(=O)C1CC(N(Cc2ccccc2)Cc2ccccc2)C1. The van der Waals surface area contributed by atoms with Crippen molar-refractivity contribution in [1.82, 2.24) is 9.96 Å². The molecule has 1 saturated carbocycles.